The normalized spacial score (nSPS) is 21.3. The summed E-state index contributed by atoms with van der Waals surface area (Å²) in [6, 6.07) is 28.2. The lowest BCUT2D eigenvalue weighted by molar-refractivity contribution is -0.134. The van der Waals surface area contributed by atoms with Gasteiger partial charge in [-0.15, -0.1) is 0 Å². The minimum Gasteiger partial charge on any atom is -0.340 e. The van der Waals surface area contributed by atoms with Gasteiger partial charge in [-0.1, -0.05) is 78.9 Å². The fraction of sp³-hybridized carbons (Fsp3) is 0.296. The predicted molar refractivity (Wildman–Crippen MR) is 120 cm³/mol. The van der Waals surface area contributed by atoms with E-state index in [9.17, 15) is 9.18 Å². The Bertz CT molecular complexity index is 992. The standard InChI is InChI=1S/C27H27FN2O/c28-25-14-8-7-13-22(25)23-19-24(23)27(31)30-17-15-29(16-18-30)26(20-9-3-1-4-10-20)21-11-5-2-6-12-21/h1-14,23-24,26H,15-19H2. The Morgan fingerprint density at radius 1 is 0.774 bits per heavy atom. The first-order chi connectivity index (χ1) is 15.2. The summed E-state index contributed by atoms with van der Waals surface area (Å²) < 4.78 is 14.1. The van der Waals surface area contributed by atoms with Crippen LogP contribution in [0.15, 0.2) is 84.9 Å². The second-order valence-electron chi connectivity index (χ2n) is 8.56. The molecule has 2 atom stereocenters. The van der Waals surface area contributed by atoms with Crippen molar-refractivity contribution in [3.05, 3.63) is 107 Å². The third-order valence-electron chi connectivity index (χ3n) is 6.63. The summed E-state index contributed by atoms with van der Waals surface area (Å²) in [7, 11) is 0. The van der Waals surface area contributed by atoms with Crippen LogP contribution in [0, 0.1) is 11.7 Å². The van der Waals surface area contributed by atoms with Crippen LogP contribution in [-0.4, -0.2) is 41.9 Å². The van der Waals surface area contributed by atoms with E-state index < -0.39 is 0 Å². The van der Waals surface area contributed by atoms with Gasteiger partial charge in [0.05, 0.1) is 6.04 Å². The lowest BCUT2D eigenvalue weighted by Crippen LogP contribution is -2.50. The molecule has 2 unspecified atom stereocenters. The number of carbonyl (C=O) groups is 1. The number of nitrogens with zero attached hydrogens (tertiary/aromatic N) is 2. The van der Waals surface area contributed by atoms with Crippen molar-refractivity contribution in [2.24, 2.45) is 5.92 Å². The van der Waals surface area contributed by atoms with Crippen molar-refractivity contribution < 1.29 is 9.18 Å². The minimum atomic E-state index is -0.193. The number of carbonyl (C=O) groups excluding carboxylic acids is 1. The number of halogens is 1. The first-order valence-corrected chi connectivity index (χ1v) is 11.1. The van der Waals surface area contributed by atoms with E-state index in [1.807, 2.05) is 29.2 Å². The summed E-state index contributed by atoms with van der Waals surface area (Å²) in [5, 5.41) is 0. The van der Waals surface area contributed by atoms with Gasteiger partial charge in [0.2, 0.25) is 5.91 Å². The molecule has 1 heterocycles. The molecule has 5 rings (SSSR count). The highest BCUT2D eigenvalue weighted by atomic mass is 19.1. The molecule has 0 N–H and O–H groups in total. The summed E-state index contributed by atoms with van der Waals surface area (Å²) in [5.74, 6) is -0.0410. The fourth-order valence-electron chi connectivity index (χ4n) is 4.91. The molecule has 1 aliphatic carbocycles. The Balaban J connectivity index is 1.26. The lowest BCUT2D eigenvalue weighted by atomic mass is 9.96. The number of piperazine rings is 1. The smallest absolute Gasteiger partial charge is 0.226 e. The Labute approximate surface area is 183 Å². The van der Waals surface area contributed by atoms with E-state index in [0.717, 1.165) is 32.6 Å². The molecule has 0 bridgehead atoms. The molecule has 158 valence electrons. The first-order valence-electron chi connectivity index (χ1n) is 11.1. The van der Waals surface area contributed by atoms with Crippen molar-refractivity contribution in [1.29, 1.82) is 0 Å². The van der Waals surface area contributed by atoms with Crippen LogP contribution >= 0.6 is 0 Å². The molecule has 3 nitrogen and oxygen atoms in total. The zero-order valence-corrected chi connectivity index (χ0v) is 17.5. The maximum atomic E-state index is 14.1. The molecule has 3 aromatic carbocycles. The number of hydrogen-bond acceptors (Lipinski definition) is 2. The molecular weight excluding hydrogens is 387 g/mol. The van der Waals surface area contributed by atoms with Gasteiger partial charge in [-0.2, -0.15) is 0 Å². The van der Waals surface area contributed by atoms with Crippen molar-refractivity contribution in [3.63, 3.8) is 0 Å². The van der Waals surface area contributed by atoms with E-state index in [2.05, 4.69) is 53.4 Å². The van der Waals surface area contributed by atoms with E-state index in [4.69, 9.17) is 0 Å². The first kappa shape index (κ1) is 20.0. The molecule has 31 heavy (non-hydrogen) atoms. The molecule has 0 spiro atoms. The molecule has 1 aliphatic heterocycles. The summed E-state index contributed by atoms with van der Waals surface area (Å²) in [6.07, 6.45) is 0.761. The summed E-state index contributed by atoms with van der Waals surface area (Å²) >= 11 is 0. The average Bonchev–Trinajstić information content (AvgIpc) is 3.62. The van der Waals surface area contributed by atoms with Gasteiger partial charge in [-0.25, -0.2) is 4.39 Å². The van der Waals surface area contributed by atoms with Crippen molar-refractivity contribution >= 4 is 5.91 Å². The SMILES string of the molecule is O=C(C1CC1c1ccccc1F)N1CCN(C(c2ccccc2)c2ccccc2)CC1. The zero-order chi connectivity index (χ0) is 21.2. The quantitative estimate of drug-likeness (QED) is 0.595. The van der Waals surface area contributed by atoms with Crippen LogP contribution in [-0.2, 0) is 4.79 Å². The third-order valence-corrected chi connectivity index (χ3v) is 6.63. The number of benzene rings is 3. The van der Waals surface area contributed by atoms with Gasteiger partial charge in [0.25, 0.3) is 0 Å². The highest BCUT2D eigenvalue weighted by Crippen LogP contribution is 2.49. The lowest BCUT2D eigenvalue weighted by Gasteiger charge is -2.40. The third kappa shape index (κ3) is 4.13. The van der Waals surface area contributed by atoms with Crippen molar-refractivity contribution in [2.45, 2.75) is 18.4 Å². The molecule has 2 aliphatic rings. The average molecular weight is 415 g/mol. The molecule has 4 heteroatoms. The Morgan fingerprint density at radius 3 is 1.90 bits per heavy atom. The van der Waals surface area contributed by atoms with Gasteiger partial charge in [-0.3, -0.25) is 9.69 Å². The largest absolute Gasteiger partial charge is 0.340 e. The van der Waals surface area contributed by atoms with Gasteiger partial charge >= 0.3 is 0 Å². The molecule has 1 amide bonds. The maximum absolute atomic E-state index is 14.1. The maximum Gasteiger partial charge on any atom is 0.226 e. The highest BCUT2D eigenvalue weighted by Gasteiger charge is 2.47. The molecule has 1 saturated carbocycles. The fourth-order valence-corrected chi connectivity index (χ4v) is 4.91. The Kier molecular flexibility index (Phi) is 5.56. The number of amides is 1. The summed E-state index contributed by atoms with van der Waals surface area (Å²) in [4.78, 5) is 17.5. The van der Waals surface area contributed by atoms with Crippen LogP contribution < -0.4 is 0 Å². The van der Waals surface area contributed by atoms with E-state index in [-0.39, 0.29) is 29.6 Å². The van der Waals surface area contributed by atoms with Gasteiger partial charge in [0.1, 0.15) is 5.82 Å². The van der Waals surface area contributed by atoms with Crippen LogP contribution in [0.4, 0.5) is 4.39 Å². The topological polar surface area (TPSA) is 23.6 Å². The van der Waals surface area contributed by atoms with E-state index >= 15 is 0 Å². The van der Waals surface area contributed by atoms with Crippen LogP contribution in [0.3, 0.4) is 0 Å². The van der Waals surface area contributed by atoms with Crippen LogP contribution in [0.2, 0.25) is 0 Å². The predicted octanol–water partition coefficient (Wildman–Crippen LogP) is 4.86. The summed E-state index contributed by atoms with van der Waals surface area (Å²) in [6.45, 7) is 3.10. The van der Waals surface area contributed by atoms with Crippen LogP contribution in [0.5, 0.6) is 0 Å². The van der Waals surface area contributed by atoms with Gasteiger partial charge in [0, 0.05) is 32.1 Å². The van der Waals surface area contributed by atoms with Gasteiger partial charge < -0.3 is 4.90 Å². The minimum absolute atomic E-state index is 0.0353. The molecule has 1 saturated heterocycles. The Hall–Kier alpha value is -2.98. The number of hydrogen-bond donors (Lipinski definition) is 0. The van der Waals surface area contributed by atoms with Crippen LogP contribution in [0.25, 0.3) is 0 Å². The zero-order valence-electron chi connectivity index (χ0n) is 17.5. The van der Waals surface area contributed by atoms with E-state index in [0.29, 0.717) is 5.56 Å². The van der Waals surface area contributed by atoms with E-state index in [1.54, 1.807) is 6.07 Å². The molecule has 2 fully saturated rings. The van der Waals surface area contributed by atoms with Crippen LogP contribution in [0.1, 0.15) is 35.1 Å². The van der Waals surface area contributed by atoms with Crippen molar-refractivity contribution in [1.82, 2.24) is 9.80 Å². The highest BCUT2D eigenvalue weighted by molar-refractivity contribution is 5.83. The second kappa shape index (κ2) is 8.64. The Morgan fingerprint density at radius 2 is 1.32 bits per heavy atom. The summed E-state index contributed by atoms with van der Waals surface area (Å²) in [5.41, 5.74) is 3.23. The monoisotopic (exact) mass is 414 g/mol. The molecule has 3 aromatic rings. The van der Waals surface area contributed by atoms with Gasteiger partial charge in [0.15, 0.2) is 0 Å². The van der Waals surface area contributed by atoms with Crippen molar-refractivity contribution in [3.8, 4) is 0 Å². The molecule has 0 aromatic heterocycles. The molecule has 0 radical (unpaired) electrons. The second-order valence-corrected chi connectivity index (χ2v) is 8.56. The van der Waals surface area contributed by atoms with Crippen molar-refractivity contribution in [2.75, 3.05) is 26.2 Å². The molecular formula is C27H27FN2O. The van der Waals surface area contributed by atoms with E-state index in [1.165, 1.54) is 17.2 Å². The number of rotatable bonds is 5. The van der Waals surface area contributed by atoms with Gasteiger partial charge in [-0.05, 0) is 35.1 Å².